The number of halogens is 1. The minimum Gasteiger partial charge on any atom is -0.461 e. The first-order valence-corrected chi connectivity index (χ1v) is 7.16. The molecular formula is C16H17FN2O4. The van der Waals surface area contributed by atoms with E-state index in [0.717, 1.165) is 0 Å². The van der Waals surface area contributed by atoms with Crippen LogP contribution < -0.4 is 0 Å². The van der Waals surface area contributed by atoms with Crippen LogP contribution in [0.3, 0.4) is 0 Å². The predicted molar refractivity (Wildman–Crippen MR) is 80.5 cm³/mol. The largest absolute Gasteiger partial charge is 0.461 e. The molecule has 1 heterocycles. The lowest BCUT2D eigenvalue weighted by Gasteiger charge is -2.08. The summed E-state index contributed by atoms with van der Waals surface area (Å²) < 4.78 is 18.1. The maximum absolute atomic E-state index is 13.1. The summed E-state index contributed by atoms with van der Waals surface area (Å²) >= 11 is 0. The minimum absolute atomic E-state index is 0.0150. The standard InChI is InChI=1S/C16H17FN2O4/c1-3-23-16(22)14-12(10-4-6-11(17)7-5-10)13(18-19-14)15(21)9(2)8-20/h4-7,9,20H,3,8H2,1-2H3,(H,18,19). The van der Waals surface area contributed by atoms with E-state index in [9.17, 15) is 14.0 Å². The van der Waals surface area contributed by atoms with Gasteiger partial charge >= 0.3 is 5.97 Å². The number of nitrogens with one attached hydrogen (secondary N) is 1. The van der Waals surface area contributed by atoms with Crippen LogP contribution in [0.4, 0.5) is 4.39 Å². The maximum Gasteiger partial charge on any atom is 0.357 e. The number of rotatable bonds is 6. The van der Waals surface area contributed by atoms with E-state index in [4.69, 9.17) is 9.84 Å². The lowest BCUT2D eigenvalue weighted by molar-refractivity contribution is 0.0520. The van der Waals surface area contributed by atoms with Gasteiger partial charge in [0.25, 0.3) is 0 Å². The molecule has 0 fully saturated rings. The lowest BCUT2D eigenvalue weighted by atomic mass is 9.96. The second-order valence-corrected chi connectivity index (χ2v) is 5.00. The van der Waals surface area contributed by atoms with Crippen molar-refractivity contribution in [3.63, 3.8) is 0 Å². The van der Waals surface area contributed by atoms with Crippen molar-refractivity contribution in [2.45, 2.75) is 13.8 Å². The summed E-state index contributed by atoms with van der Waals surface area (Å²) in [6.45, 7) is 3.03. The van der Waals surface area contributed by atoms with Crippen molar-refractivity contribution < 1.29 is 23.8 Å². The molecule has 0 bridgehead atoms. The molecule has 2 rings (SSSR count). The molecule has 122 valence electrons. The highest BCUT2D eigenvalue weighted by Gasteiger charge is 2.27. The highest BCUT2D eigenvalue weighted by Crippen LogP contribution is 2.28. The number of nitrogens with zero attached hydrogens (tertiary/aromatic N) is 1. The highest BCUT2D eigenvalue weighted by atomic mass is 19.1. The topological polar surface area (TPSA) is 92.3 Å². The molecule has 1 aromatic heterocycles. The van der Waals surface area contributed by atoms with Gasteiger partial charge in [0.05, 0.1) is 13.2 Å². The SMILES string of the molecule is CCOC(=O)c1[nH]nc(C(=O)C(C)CO)c1-c1ccc(F)cc1. The van der Waals surface area contributed by atoms with E-state index >= 15 is 0 Å². The summed E-state index contributed by atoms with van der Waals surface area (Å²) in [5.74, 6) is -2.19. The highest BCUT2D eigenvalue weighted by molar-refractivity contribution is 6.07. The van der Waals surface area contributed by atoms with E-state index in [2.05, 4.69) is 10.2 Å². The fourth-order valence-electron chi connectivity index (χ4n) is 2.09. The van der Waals surface area contributed by atoms with E-state index in [1.165, 1.54) is 24.3 Å². The maximum atomic E-state index is 13.1. The van der Waals surface area contributed by atoms with E-state index < -0.39 is 23.5 Å². The van der Waals surface area contributed by atoms with Crippen LogP contribution in [0, 0.1) is 11.7 Å². The summed E-state index contributed by atoms with van der Waals surface area (Å²) in [5.41, 5.74) is 0.735. The van der Waals surface area contributed by atoms with Gasteiger partial charge in [0.15, 0.2) is 11.5 Å². The summed E-state index contributed by atoms with van der Waals surface area (Å²) in [7, 11) is 0. The van der Waals surface area contributed by atoms with Crippen LogP contribution >= 0.6 is 0 Å². The van der Waals surface area contributed by atoms with Crippen molar-refractivity contribution >= 4 is 11.8 Å². The van der Waals surface area contributed by atoms with Gasteiger partial charge in [0, 0.05) is 11.5 Å². The van der Waals surface area contributed by atoms with Gasteiger partial charge in [0.1, 0.15) is 11.5 Å². The molecule has 23 heavy (non-hydrogen) atoms. The first kappa shape index (κ1) is 16.8. The summed E-state index contributed by atoms with van der Waals surface area (Å²) in [6.07, 6.45) is 0. The number of carbonyl (C=O) groups is 2. The molecule has 1 aromatic carbocycles. The van der Waals surface area contributed by atoms with Gasteiger partial charge in [-0.1, -0.05) is 19.1 Å². The average molecular weight is 320 g/mol. The minimum atomic E-state index is -0.674. The number of Topliss-reactive ketones (excluding diaryl/α,β-unsaturated/α-hetero) is 1. The number of ether oxygens (including phenoxy) is 1. The number of esters is 1. The zero-order valence-electron chi connectivity index (χ0n) is 12.8. The van der Waals surface area contributed by atoms with Gasteiger partial charge in [-0.15, -0.1) is 0 Å². The lowest BCUT2D eigenvalue weighted by Crippen LogP contribution is -2.16. The van der Waals surface area contributed by atoms with E-state index in [1.54, 1.807) is 13.8 Å². The van der Waals surface area contributed by atoms with Gasteiger partial charge in [-0.2, -0.15) is 5.10 Å². The zero-order valence-corrected chi connectivity index (χ0v) is 12.8. The van der Waals surface area contributed by atoms with Crippen LogP contribution in [0.15, 0.2) is 24.3 Å². The molecule has 1 unspecified atom stereocenters. The van der Waals surface area contributed by atoms with Gasteiger partial charge in [-0.05, 0) is 24.6 Å². The van der Waals surface area contributed by atoms with Crippen LogP contribution in [0.25, 0.3) is 11.1 Å². The van der Waals surface area contributed by atoms with Gasteiger partial charge in [-0.3, -0.25) is 9.89 Å². The predicted octanol–water partition coefficient (Wildman–Crippen LogP) is 2.20. The Morgan fingerprint density at radius 3 is 2.57 bits per heavy atom. The Morgan fingerprint density at radius 1 is 1.35 bits per heavy atom. The molecule has 0 aliphatic rings. The number of aromatic amines is 1. The number of aliphatic hydroxyl groups is 1. The molecular weight excluding hydrogens is 303 g/mol. The third-order valence-electron chi connectivity index (χ3n) is 3.33. The summed E-state index contributed by atoms with van der Waals surface area (Å²) in [6, 6.07) is 5.34. The fourth-order valence-corrected chi connectivity index (χ4v) is 2.09. The van der Waals surface area contributed by atoms with Crippen molar-refractivity contribution in [1.29, 1.82) is 0 Å². The van der Waals surface area contributed by atoms with Crippen molar-refractivity contribution in [2.75, 3.05) is 13.2 Å². The van der Waals surface area contributed by atoms with Crippen molar-refractivity contribution in [2.24, 2.45) is 5.92 Å². The third kappa shape index (κ3) is 3.45. The van der Waals surface area contributed by atoms with E-state index in [1.807, 2.05) is 0 Å². The van der Waals surface area contributed by atoms with Gasteiger partial charge < -0.3 is 9.84 Å². The monoisotopic (exact) mass is 320 g/mol. The molecule has 0 saturated carbocycles. The van der Waals surface area contributed by atoms with Crippen molar-refractivity contribution in [3.8, 4) is 11.1 Å². The van der Waals surface area contributed by atoms with E-state index in [-0.39, 0.29) is 30.2 Å². The molecule has 0 spiro atoms. The third-order valence-corrected chi connectivity index (χ3v) is 3.33. The zero-order chi connectivity index (χ0) is 17.0. The molecule has 1 atom stereocenters. The Bertz CT molecular complexity index is 709. The molecule has 2 aromatic rings. The molecule has 0 aliphatic carbocycles. The van der Waals surface area contributed by atoms with Crippen LogP contribution in [0.2, 0.25) is 0 Å². The average Bonchev–Trinajstić information content (AvgIpc) is 2.99. The number of carbonyl (C=O) groups excluding carboxylic acids is 2. The smallest absolute Gasteiger partial charge is 0.357 e. The number of aliphatic hydroxyl groups excluding tert-OH is 1. The molecule has 0 aliphatic heterocycles. The fraction of sp³-hybridized carbons (Fsp3) is 0.312. The summed E-state index contributed by atoms with van der Waals surface area (Å²) in [4.78, 5) is 24.4. The number of hydrogen-bond acceptors (Lipinski definition) is 5. The molecule has 0 radical (unpaired) electrons. The normalized spacial score (nSPS) is 12.0. The Balaban J connectivity index is 2.58. The van der Waals surface area contributed by atoms with Gasteiger partial charge in [-0.25, -0.2) is 9.18 Å². The van der Waals surface area contributed by atoms with Crippen molar-refractivity contribution in [1.82, 2.24) is 10.2 Å². The molecule has 0 amide bonds. The molecule has 2 N–H and O–H groups in total. The second kappa shape index (κ2) is 7.15. The first-order chi connectivity index (χ1) is 11.0. The van der Waals surface area contributed by atoms with Crippen LogP contribution in [-0.2, 0) is 4.74 Å². The number of benzene rings is 1. The molecule has 0 saturated heterocycles. The molecule has 6 nitrogen and oxygen atoms in total. The first-order valence-electron chi connectivity index (χ1n) is 7.16. The number of aromatic nitrogens is 2. The van der Waals surface area contributed by atoms with E-state index in [0.29, 0.717) is 5.56 Å². The Morgan fingerprint density at radius 2 is 2.00 bits per heavy atom. The Labute approximate surface area is 132 Å². The van der Waals surface area contributed by atoms with Crippen LogP contribution in [-0.4, -0.2) is 40.3 Å². The Kier molecular flexibility index (Phi) is 5.23. The van der Waals surface area contributed by atoms with Crippen LogP contribution in [0.1, 0.15) is 34.8 Å². The summed E-state index contributed by atoms with van der Waals surface area (Å²) in [5, 5.41) is 15.6. The number of H-pyrrole nitrogens is 1. The van der Waals surface area contributed by atoms with Crippen molar-refractivity contribution in [3.05, 3.63) is 41.5 Å². The number of ketones is 1. The van der Waals surface area contributed by atoms with Crippen LogP contribution in [0.5, 0.6) is 0 Å². The second-order valence-electron chi connectivity index (χ2n) is 5.00. The molecule has 7 heteroatoms. The number of hydrogen-bond donors (Lipinski definition) is 2. The van der Waals surface area contributed by atoms with Gasteiger partial charge in [0.2, 0.25) is 0 Å². The Hall–Kier alpha value is -2.54. The quantitative estimate of drug-likeness (QED) is 0.629.